The molecule has 106 valence electrons. The van der Waals surface area contributed by atoms with E-state index >= 15 is 0 Å². The van der Waals surface area contributed by atoms with Crippen molar-refractivity contribution >= 4 is 8.07 Å². The lowest BCUT2D eigenvalue weighted by Gasteiger charge is -2.32. The summed E-state index contributed by atoms with van der Waals surface area (Å²) in [6, 6.07) is 6.05. The van der Waals surface area contributed by atoms with Crippen molar-refractivity contribution in [2.24, 2.45) is 0 Å². The normalized spacial score (nSPS) is 17.9. The summed E-state index contributed by atoms with van der Waals surface area (Å²) < 4.78 is 0. The third-order valence-electron chi connectivity index (χ3n) is 4.50. The maximum atomic E-state index is 2.71. The second-order valence-electron chi connectivity index (χ2n) is 6.07. The lowest BCUT2D eigenvalue weighted by Crippen LogP contribution is -2.37. The molecule has 1 heterocycles. The predicted molar refractivity (Wildman–Crippen MR) is 86.1 cm³/mol. The number of allylic oxidation sites excluding steroid dienone is 2. The Morgan fingerprint density at radius 3 is 2.11 bits per heavy atom. The van der Waals surface area contributed by atoms with Crippen molar-refractivity contribution in [2.75, 3.05) is 19.6 Å². The fourth-order valence-electron chi connectivity index (χ4n) is 3.51. The van der Waals surface area contributed by atoms with Gasteiger partial charge in [-0.2, -0.15) is 0 Å². The van der Waals surface area contributed by atoms with Crippen LogP contribution in [0.25, 0.3) is 0 Å². The molecule has 18 heavy (non-hydrogen) atoms. The van der Waals surface area contributed by atoms with Crippen molar-refractivity contribution < 1.29 is 0 Å². The van der Waals surface area contributed by atoms with Crippen molar-refractivity contribution in [3.8, 4) is 0 Å². The van der Waals surface area contributed by atoms with E-state index < -0.39 is 8.07 Å². The van der Waals surface area contributed by atoms with Gasteiger partial charge in [0.15, 0.2) is 0 Å². The van der Waals surface area contributed by atoms with Crippen LogP contribution in [0.3, 0.4) is 0 Å². The fraction of sp³-hybridized carbons (Fsp3) is 0.875. The minimum atomic E-state index is -1.01. The molecule has 0 aromatic heterocycles. The maximum absolute atomic E-state index is 2.71. The van der Waals surface area contributed by atoms with Crippen molar-refractivity contribution in [1.82, 2.24) is 4.90 Å². The van der Waals surface area contributed by atoms with E-state index in [0.29, 0.717) is 0 Å². The summed E-state index contributed by atoms with van der Waals surface area (Å²) in [5.41, 5.74) is 0. The molecule has 0 unspecified atom stereocenters. The Labute approximate surface area is 116 Å². The van der Waals surface area contributed by atoms with Gasteiger partial charge in [-0.15, -0.1) is 0 Å². The smallest absolute Gasteiger partial charge is 0.0585 e. The van der Waals surface area contributed by atoms with Crippen LogP contribution in [0.2, 0.25) is 24.2 Å². The number of hydrogen-bond donors (Lipinski definition) is 0. The van der Waals surface area contributed by atoms with Crippen LogP contribution in [0.4, 0.5) is 0 Å². The topological polar surface area (TPSA) is 3.24 Å². The highest BCUT2D eigenvalue weighted by Gasteiger charge is 2.30. The Bertz CT molecular complexity index is 225. The van der Waals surface area contributed by atoms with E-state index in [1.807, 2.05) is 0 Å². The molecule has 0 saturated carbocycles. The maximum Gasteiger partial charge on any atom is 0.0585 e. The zero-order chi connectivity index (χ0) is 13.3. The van der Waals surface area contributed by atoms with Gasteiger partial charge in [0.25, 0.3) is 0 Å². The summed E-state index contributed by atoms with van der Waals surface area (Å²) in [7, 11) is -1.01. The van der Waals surface area contributed by atoms with E-state index in [-0.39, 0.29) is 0 Å². The molecular formula is C16H33NSi. The summed E-state index contributed by atoms with van der Waals surface area (Å²) in [6.07, 6.45) is 10.4. The second-order valence-corrected chi connectivity index (χ2v) is 11.0. The van der Waals surface area contributed by atoms with Crippen molar-refractivity contribution in [1.29, 1.82) is 0 Å². The zero-order valence-corrected chi connectivity index (χ0v) is 13.9. The third kappa shape index (κ3) is 5.27. The van der Waals surface area contributed by atoms with Gasteiger partial charge < -0.3 is 4.90 Å². The van der Waals surface area contributed by atoms with Crippen LogP contribution in [0.5, 0.6) is 0 Å². The Balaban J connectivity index is 2.53. The van der Waals surface area contributed by atoms with Gasteiger partial charge in [0.1, 0.15) is 0 Å². The van der Waals surface area contributed by atoms with Gasteiger partial charge in [-0.3, -0.25) is 0 Å². The molecule has 0 N–H and O–H groups in total. The van der Waals surface area contributed by atoms with Gasteiger partial charge in [-0.1, -0.05) is 50.9 Å². The van der Waals surface area contributed by atoms with Crippen LogP contribution in [0.1, 0.15) is 46.5 Å². The molecule has 0 spiro atoms. The molecule has 1 aliphatic heterocycles. The minimum Gasteiger partial charge on any atom is -0.304 e. The van der Waals surface area contributed by atoms with Crippen LogP contribution in [-0.2, 0) is 0 Å². The van der Waals surface area contributed by atoms with Gasteiger partial charge >= 0.3 is 0 Å². The second kappa shape index (κ2) is 8.92. The molecule has 0 radical (unpaired) electrons. The molecule has 0 amide bonds. The van der Waals surface area contributed by atoms with E-state index in [4.69, 9.17) is 0 Å². The average molecular weight is 268 g/mol. The van der Waals surface area contributed by atoms with Crippen molar-refractivity contribution in [3.05, 3.63) is 12.2 Å². The quantitative estimate of drug-likeness (QED) is 0.423. The Morgan fingerprint density at radius 2 is 1.61 bits per heavy atom. The van der Waals surface area contributed by atoms with Crippen LogP contribution >= 0.6 is 0 Å². The van der Waals surface area contributed by atoms with Crippen LogP contribution in [0.15, 0.2) is 12.2 Å². The molecule has 2 heteroatoms. The molecule has 1 nitrogen and oxygen atoms in total. The molecule has 1 fully saturated rings. The van der Waals surface area contributed by atoms with E-state index in [0.717, 1.165) is 0 Å². The Hall–Kier alpha value is -0.0831. The number of nitrogens with zero attached hydrogens (tertiary/aromatic N) is 1. The highest BCUT2D eigenvalue weighted by molar-refractivity contribution is 6.80. The zero-order valence-electron chi connectivity index (χ0n) is 12.9. The molecule has 0 aromatic rings. The summed E-state index contributed by atoms with van der Waals surface area (Å²) >= 11 is 0. The minimum absolute atomic E-state index is 1.01. The molecule has 0 aromatic carbocycles. The molecular weight excluding hydrogens is 234 g/mol. The summed E-state index contributed by atoms with van der Waals surface area (Å²) in [4.78, 5) is 2.71. The van der Waals surface area contributed by atoms with E-state index in [1.54, 1.807) is 18.1 Å². The van der Waals surface area contributed by atoms with Crippen molar-refractivity contribution in [2.45, 2.75) is 70.6 Å². The predicted octanol–water partition coefficient (Wildman–Crippen LogP) is 4.93. The Kier molecular flexibility index (Phi) is 7.92. The number of rotatable bonds is 9. The lowest BCUT2D eigenvalue weighted by molar-refractivity contribution is 0.356. The van der Waals surface area contributed by atoms with Crippen LogP contribution < -0.4 is 0 Å². The molecule has 0 atom stereocenters. The Morgan fingerprint density at radius 1 is 1.00 bits per heavy atom. The van der Waals surface area contributed by atoms with Crippen LogP contribution in [0, 0.1) is 0 Å². The average Bonchev–Trinajstić information content (AvgIpc) is 2.88. The molecule has 0 bridgehead atoms. The third-order valence-corrected chi connectivity index (χ3v) is 10.0. The molecule has 1 saturated heterocycles. The fourth-order valence-corrected chi connectivity index (χ4v) is 8.52. The largest absolute Gasteiger partial charge is 0.304 e. The standard InChI is InChI=1S/C16H33NSi/c1-4-7-15-18(13-5-2,14-6-3)16-12-17-10-8-9-11-17/h4,7H,5-6,8-16H2,1-3H3/b7-4+. The first-order chi connectivity index (χ1) is 8.76. The molecule has 1 rings (SSSR count). The van der Waals surface area contributed by atoms with Gasteiger partial charge in [0.2, 0.25) is 0 Å². The highest BCUT2D eigenvalue weighted by atomic mass is 28.3. The monoisotopic (exact) mass is 267 g/mol. The first-order valence-corrected chi connectivity index (χ1v) is 10.9. The van der Waals surface area contributed by atoms with E-state index in [2.05, 4.69) is 37.8 Å². The van der Waals surface area contributed by atoms with Gasteiger partial charge in [-0.25, -0.2) is 0 Å². The molecule has 1 aliphatic rings. The number of hydrogen-bond acceptors (Lipinski definition) is 1. The summed E-state index contributed by atoms with van der Waals surface area (Å²) in [5, 5.41) is 0. The SMILES string of the molecule is C/C=C/C[Si](CCC)(CCC)CCN1CCCC1. The van der Waals surface area contributed by atoms with Crippen molar-refractivity contribution in [3.63, 3.8) is 0 Å². The van der Waals surface area contributed by atoms with Gasteiger partial charge in [0.05, 0.1) is 8.07 Å². The van der Waals surface area contributed by atoms with Gasteiger partial charge in [0, 0.05) is 0 Å². The summed E-state index contributed by atoms with van der Waals surface area (Å²) in [6.45, 7) is 11.1. The molecule has 0 aliphatic carbocycles. The van der Waals surface area contributed by atoms with E-state index in [9.17, 15) is 0 Å². The highest BCUT2D eigenvalue weighted by Crippen LogP contribution is 2.30. The first kappa shape index (κ1) is 16.0. The lowest BCUT2D eigenvalue weighted by atomic mass is 10.4. The van der Waals surface area contributed by atoms with E-state index in [1.165, 1.54) is 51.4 Å². The van der Waals surface area contributed by atoms with Crippen LogP contribution in [-0.4, -0.2) is 32.6 Å². The first-order valence-electron chi connectivity index (χ1n) is 8.10. The van der Waals surface area contributed by atoms with Gasteiger partial charge in [-0.05, 0) is 51.5 Å². The number of likely N-dealkylation sites (tertiary alicyclic amines) is 1. The summed E-state index contributed by atoms with van der Waals surface area (Å²) in [5.74, 6) is 0.